The number of aliphatic imine (C=N–C) groups is 1. The van der Waals surface area contributed by atoms with Crippen LogP contribution in [0.3, 0.4) is 0 Å². The fourth-order valence-electron chi connectivity index (χ4n) is 0.855. The van der Waals surface area contributed by atoms with E-state index in [-0.39, 0.29) is 0 Å². The van der Waals surface area contributed by atoms with Crippen molar-refractivity contribution >= 4 is 18.6 Å². The van der Waals surface area contributed by atoms with Gasteiger partial charge in [-0.05, 0) is 0 Å². The third-order valence-electron chi connectivity index (χ3n) is 1.43. The topological polar surface area (TPSA) is 50.7 Å². The molecule has 0 aromatic carbocycles. The maximum absolute atomic E-state index is 5.41. The smallest absolute Gasteiger partial charge is 0.0621 e. The molecule has 4 heteroatoms. The molecule has 0 aromatic heterocycles. The number of nitrogens with zero attached hydrogens (tertiary/aromatic N) is 2. The average molecular weight is 155 g/mol. The van der Waals surface area contributed by atoms with Gasteiger partial charge in [-0.25, -0.2) is 0 Å². The van der Waals surface area contributed by atoms with Crippen LogP contribution in [-0.4, -0.2) is 19.3 Å². The first-order valence-corrected chi connectivity index (χ1v) is 3.50. The normalized spacial score (nSPS) is 17.7. The second kappa shape index (κ2) is 3.53. The predicted octanol–water partition coefficient (Wildman–Crippen LogP) is 0.404. The Labute approximate surface area is 65.2 Å². The van der Waals surface area contributed by atoms with E-state index < -0.39 is 0 Å². The largest absolute Gasteiger partial charge is 0.326 e. The van der Waals surface area contributed by atoms with Crippen LogP contribution in [0.4, 0.5) is 0 Å². The van der Waals surface area contributed by atoms with Crippen LogP contribution in [0.25, 0.3) is 0 Å². The molecule has 0 spiro atoms. The molecule has 0 aromatic rings. The molecule has 10 heavy (non-hydrogen) atoms. The van der Waals surface area contributed by atoms with Gasteiger partial charge in [0.15, 0.2) is 0 Å². The Kier molecular flexibility index (Phi) is 2.65. The molecule has 0 aliphatic carbocycles. The molecule has 2 N–H and O–H groups in total. The number of hydrogen-bond donors (Lipinski definition) is 1. The van der Waals surface area contributed by atoms with E-state index in [0.717, 1.165) is 24.2 Å². The summed E-state index contributed by atoms with van der Waals surface area (Å²) in [7, 11) is 0. The van der Waals surface area contributed by atoms with Crippen molar-refractivity contribution in [2.45, 2.75) is 6.42 Å². The second-order valence-electron chi connectivity index (χ2n) is 2.05. The van der Waals surface area contributed by atoms with E-state index in [1.165, 1.54) is 0 Å². The predicted molar refractivity (Wildman–Crippen MR) is 43.8 cm³/mol. The van der Waals surface area contributed by atoms with Crippen molar-refractivity contribution in [2.75, 3.05) is 13.1 Å². The molecule has 0 saturated carbocycles. The van der Waals surface area contributed by atoms with E-state index in [1.807, 2.05) is 0 Å². The Balaban J connectivity index is 2.83. The summed E-state index contributed by atoms with van der Waals surface area (Å²) in [4.78, 5) is 4.06. The van der Waals surface area contributed by atoms with Gasteiger partial charge in [-0.3, -0.25) is 4.99 Å². The SMILES string of the molecule is NCC1=C(N=S)CCN=C1. The first-order chi connectivity index (χ1) is 4.88. The van der Waals surface area contributed by atoms with Crippen molar-refractivity contribution in [3.05, 3.63) is 11.3 Å². The Hall–Kier alpha value is -0.610. The molecule has 0 saturated heterocycles. The average Bonchev–Trinajstić information content (AvgIpc) is 2.04. The summed E-state index contributed by atoms with van der Waals surface area (Å²) in [6, 6.07) is 0. The summed E-state index contributed by atoms with van der Waals surface area (Å²) in [5.41, 5.74) is 7.31. The Morgan fingerprint density at radius 3 is 3.10 bits per heavy atom. The monoisotopic (exact) mass is 155 g/mol. The number of hydrogen-bond acceptors (Lipinski definition) is 4. The van der Waals surface area contributed by atoms with Gasteiger partial charge in [0.25, 0.3) is 0 Å². The second-order valence-corrected chi connectivity index (χ2v) is 2.24. The molecule has 0 radical (unpaired) electrons. The van der Waals surface area contributed by atoms with Gasteiger partial charge < -0.3 is 5.73 Å². The van der Waals surface area contributed by atoms with Gasteiger partial charge >= 0.3 is 0 Å². The van der Waals surface area contributed by atoms with Crippen LogP contribution >= 0.6 is 0 Å². The molecule has 3 nitrogen and oxygen atoms in total. The lowest BCUT2D eigenvalue weighted by Gasteiger charge is -2.07. The van der Waals surface area contributed by atoms with Gasteiger partial charge in [0, 0.05) is 43.7 Å². The Morgan fingerprint density at radius 1 is 1.80 bits per heavy atom. The first kappa shape index (κ1) is 7.50. The minimum atomic E-state index is 0.485. The number of dihydropyridines is 1. The minimum Gasteiger partial charge on any atom is -0.326 e. The van der Waals surface area contributed by atoms with E-state index in [0.29, 0.717) is 6.54 Å². The van der Waals surface area contributed by atoms with Crippen molar-refractivity contribution in [3.63, 3.8) is 0 Å². The fourth-order valence-corrected chi connectivity index (χ4v) is 1.06. The third-order valence-corrected chi connectivity index (χ3v) is 1.65. The summed E-state index contributed by atoms with van der Waals surface area (Å²) < 4.78 is 3.69. The van der Waals surface area contributed by atoms with Gasteiger partial charge in [-0.1, -0.05) is 0 Å². The standard InChI is InChI=1S/C6H9N3S/c7-3-5-4-8-2-1-6(5)9-10/h4H,1-3,7H2. The van der Waals surface area contributed by atoms with Gasteiger partial charge in [0.1, 0.15) is 0 Å². The van der Waals surface area contributed by atoms with Crippen LogP contribution in [0, 0.1) is 0 Å². The molecule has 54 valence electrons. The summed E-state index contributed by atoms with van der Waals surface area (Å²) in [5.74, 6) is 0. The highest BCUT2D eigenvalue weighted by atomic mass is 32.1. The number of nitrogens with two attached hydrogens (primary N) is 1. The molecule has 0 atom stereocenters. The number of rotatable bonds is 2. The Bertz CT molecular complexity index is 195. The van der Waals surface area contributed by atoms with Crippen LogP contribution in [0.15, 0.2) is 20.6 Å². The van der Waals surface area contributed by atoms with Gasteiger partial charge in [0.05, 0.1) is 5.70 Å². The Morgan fingerprint density at radius 2 is 2.60 bits per heavy atom. The van der Waals surface area contributed by atoms with E-state index in [1.54, 1.807) is 6.21 Å². The van der Waals surface area contributed by atoms with Crippen molar-refractivity contribution in [2.24, 2.45) is 15.1 Å². The van der Waals surface area contributed by atoms with Crippen LogP contribution in [-0.2, 0) is 12.4 Å². The summed E-state index contributed by atoms with van der Waals surface area (Å²) in [6.07, 6.45) is 2.60. The van der Waals surface area contributed by atoms with Crippen LogP contribution in [0.1, 0.15) is 6.42 Å². The van der Waals surface area contributed by atoms with Crippen LogP contribution in [0.5, 0.6) is 0 Å². The molecule has 1 heterocycles. The van der Waals surface area contributed by atoms with Gasteiger partial charge in [-0.15, -0.1) is 0 Å². The van der Waals surface area contributed by atoms with Crippen molar-refractivity contribution in [1.82, 2.24) is 0 Å². The molecule has 0 bridgehead atoms. The van der Waals surface area contributed by atoms with Crippen molar-refractivity contribution < 1.29 is 0 Å². The van der Waals surface area contributed by atoms with E-state index in [4.69, 9.17) is 5.73 Å². The van der Waals surface area contributed by atoms with E-state index in [2.05, 4.69) is 21.8 Å². The zero-order valence-electron chi connectivity index (χ0n) is 5.58. The molecule has 0 unspecified atom stereocenters. The fraction of sp³-hybridized carbons (Fsp3) is 0.500. The van der Waals surface area contributed by atoms with Gasteiger partial charge in [0.2, 0.25) is 0 Å². The molecular weight excluding hydrogens is 146 g/mol. The minimum absolute atomic E-state index is 0.485. The quantitative estimate of drug-likeness (QED) is 0.627. The third kappa shape index (κ3) is 1.46. The summed E-state index contributed by atoms with van der Waals surface area (Å²) in [6.45, 7) is 1.28. The first-order valence-electron chi connectivity index (χ1n) is 3.13. The van der Waals surface area contributed by atoms with E-state index >= 15 is 0 Å². The van der Waals surface area contributed by atoms with Crippen LogP contribution < -0.4 is 5.73 Å². The van der Waals surface area contributed by atoms with Crippen LogP contribution in [0.2, 0.25) is 0 Å². The molecule has 0 amide bonds. The van der Waals surface area contributed by atoms with Gasteiger partial charge in [-0.2, -0.15) is 4.36 Å². The summed E-state index contributed by atoms with van der Waals surface area (Å²) in [5, 5.41) is 0. The lowest BCUT2D eigenvalue weighted by Crippen LogP contribution is -2.10. The molecule has 1 aliphatic heterocycles. The lowest BCUT2D eigenvalue weighted by molar-refractivity contribution is 0.906. The van der Waals surface area contributed by atoms with Crippen molar-refractivity contribution in [1.29, 1.82) is 0 Å². The van der Waals surface area contributed by atoms with Crippen molar-refractivity contribution in [3.8, 4) is 0 Å². The molecule has 1 rings (SSSR count). The summed E-state index contributed by atoms with van der Waals surface area (Å²) >= 11 is 4.57. The highest BCUT2D eigenvalue weighted by Crippen LogP contribution is 2.11. The molecular formula is C6H9N3S. The van der Waals surface area contributed by atoms with E-state index in [9.17, 15) is 0 Å². The zero-order chi connectivity index (χ0) is 7.40. The highest BCUT2D eigenvalue weighted by Gasteiger charge is 2.05. The highest BCUT2D eigenvalue weighted by molar-refractivity contribution is 7.47. The maximum atomic E-state index is 5.41. The molecule has 0 fully saturated rings. The maximum Gasteiger partial charge on any atom is 0.0621 e. The molecule has 1 aliphatic rings. The lowest BCUT2D eigenvalue weighted by atomic mass is 10.1. The zero-order valence-corrected chi connectivity index (χ0v) is 6.40.